The molecular weight excluding hydrogens is 309 g/mol. The minimum Gasteiger partial charge on any atom is -0.334 e. The molecule has 1 N–H and O–H groups in total. The molecule has 1 fully saturated rings. The Morgan fingerprint density at radius 1 is 1.46 bits per heavy atom. The van der Waals surface area contributed by atoms with Crippen LogP contribution in [0.25, 0.3) is 0 Å². The molecule has 0 saturated heterocycles. The van der Waals surface area contributed by atoms with Gasteiger partial charge in [-0.05, 0) is 32.3 Å². The van der Waals surface area contributed by atoms with Gasteiger partial charge < -0.3 is 10.2 Å². The summed E-state index contributed by atoms with van der Waals surface area (Å²) < 4.78 is 15.6. The van der Waals surface area contributed by atoms with Crippen LogP contribution in [0.3, 0.4) is 0 Å². The lowest BCUT2D eigenvalue weighted by molar-refractivity contribution is 0.129. The van der Waals surface area contributed by atoms with Crippen LogP contribution < -0.4 is 5.32 Å². The van der Waals surface area contributed by atoms with Crippen LogP contribution in [0, 0.1) is 5.82 Å². The molecule has 6 nitrogen and oxygen atoms in total. The van der Waals surface area contributed by atoms with E-state index in [2.05, 4.69) is 15.4 Å². The van der Waals surface area contributed by atoms with Gasteiger partial charge in [0.15, 0.2) is 0 Å². The van der Waals surface area contributed by atoms with E-state index in [4.69, 9.17) is 0 Å². The van der Waals surface area contributed by atoms with Crippen LogP contribution >= 0.6 is 0 Å². The lowest BCUT2D eigenvalue weighted by Gasteiger charge is -2.38. The Hall–Kier alpha value is -2.44. The second-order valence-electron chi connectivity index (χ2n) is 6.27. The number of halogens is 1. The van der Waals surface area contributed by atoms with Crippen molar-refractivity contribution in [2.24, 2.45) is 0 Å². The van der Waals surface area contributed by atoms with Gasteiger partial charge in [0.2, 0.25) is 0 Å². The van der Waals surface area contributed by atoms with Gasteiger partial charge in [-0.2, -0.15) is 5.10 Å². The van der Waals surface area contributed by atoms with Crippen LogP contribution in [0.4, 0.5) is 9.18 Å². The number of carbonyl (C=O) groups excluding carboxylic acids is 1. The summed E-state index contributed by atoms with van der Waals surface area (Å²) in [5.74, 6) is -0.273. The van der Waals surface area contributed by atoms with Crippen LogP contribution in [0.1, 0.15) is 31.7 Å². The zero-order valence-corrected chi connectivity index (χ0v) is 13.7. The summed E-state index contributed by atoms with van der Waals surface area (Å²) in [7, 11) is 0. The Morgan fingerprint density at radius 2 is 2.25 bits per heavy atom. The minimum absolute atomic E-state index is 0.0950. The van der Waals surface area contributed by atoms with E-state index < -0.39 is 0 Å². The highest BCUT2D eigenvalue weighted by molar-refractivity contribution is 5.75. The maximum Gasteiger partial charge on any atom is 0.318 e. The zero-order valence-electron chi connectivity index (χ0n) is 13.7. The number of nitrogens with one attached hydrogen (secondary N) is 1. The second-order valence-corrected chi connectivity index (χ2v) is 6.27. The van der Waals surface area contributed by atoms with E-state index in [0.29, 0.717) is 18.7 Å². The SMILES string of the molecule is C[C@@H](Cn1cncn1)NC(=O)N(Cc1ccccc1F)C1CCC1. The van der Waals surface area contributed by atoms with Crippen LogP contribution in [0.15, 0.2) is 36.9 Å². The van der Waals surface area contributed by atoms with Crippen LogP contribution in [-0.2, 0) is 13.1 Å². The smallest absolute Gasteiger partial charge is 0.318 e. The Kier molecular flexibility index (Phi) is 5.08. The van der Waals surface area contributed by atoms with E-state index in [-0.39, 0.29) is 23.9 Å². The molecule has 24 heavy (non-hydrogen) atoms. The van der Waals surface area contributed by atoms with Crippen molar-refractivity contribution in [3.05, 3.63) is 48.3 Å². The summed E-state index contributed by atoms with van der Waals surface area (Å²) in [4.78, 5) is 18.3. The molecule has 128 valence electrons. The first-order valence-electron chi connectivity index (χ1n) is 8.26. The molecule has 1 heterocycles. The molecule has 1 atom stereocenters. The Balaban J connectivity index is 1.64. The minimum atomic E-state index is -0.273. The van der Waals surface area contributed by atoms with Gasteiger partial charge in [0.25, 0.3) is 0 Å². The fourth-order valence-electron chi connectivity index (χ4n) is 2.82. The van der Waals surface area contributed by atoms with Crippen LogP contribution in [0.5, 0.6) is 0 Å². The zero-order chi connectivity index (χ0) is 16.9. The highest BCUT2D eigenvalue weighted by atomic mass is 19.1. The second kappa shape index (κ2) is 7.42. The largest absolute Gasteiger partial charge is 0.334 e. The van der Waals surface area contributed by atoms with Gasteiger partial charge >= 0.3 is 6.03 Å². The molecule has 7 heteroatoms. The maximum absolute atomic E-state index is 13.9. The number of carbonyl (C=O) groups is 1. The van der Waals surface area contributed by atoms with Crippen molar-refractivity contribution in [1.29, 1.82) is 0 Å². The molecule has 1 aliphatic carbocycles. The van der Waals surface area contributed by atoms with E-state index in [1.165, 1.54) is 12.4 Å². The number of amides is 2. The molecule has 2 amide bonds. The average Bonchev–Trinajstić information content (AvgIpc) is 2.99. The van der Waals surface area contributed by atoms with E-state index in [1.807, 2.05) is 6.92 Å². The summed E-state index contributed by atoms with van der Waals surface area (Å²) in [6.07, 6.45) is 6.14. The third-order valence-electron chi connectivity index (χ3n) is 4.37. The summed E-state index contributed by atoms with van der Waals surface area (Å²) in [5.41, 5.74) is 0.545. The van der Waals surface area contributed by atoms with Gasteiger partial charge in [-0.25, -0.2) is 14.2 Å². The molecule has 3 rings (SSSR count). The van der Waals surface area contributed by atoms with Crippen molar-refractivity contribution in [2.75, 3.05) is 0 Å². The summed E-state index contributed by atoms with van der Waals surface area (Å²) >= 11 is 0. The number of nitrogens with zero attached hydrogens (tertiary/aromatic N) is 4. The van der Waals surface area contributed by atoms with Gasteiger partial charge in [-0.1, -0.05) is 18.2 Å². The molecule has 1 aliphatic rings. The van der Waals surface area contributed by atoms with Gasteiger partial charge in [0, 0.05) is 17.6 Å². The monoisotopic (exact) mass is 331 g/mol. The van der Waals surface area contributed by atoms with Crippen molar-refractivity contribution in [1.82, 2.24) is 25.0 Å². The van der Waals surface area contributed by atoms with E-state index >= 15 is 0 Å². The van der Waals surface area contributed by atoms with E-state index in [0.717, 1.165) is 19.3 Å². The predicted molar refractivity (Wildman–Crippen MR) is 87.6 cm³/mol. The number of benzene rings is 1. The normalized spacial score (nSPS) is 15.6. The lowest BCUT2D eigenvalue weighted by Crippen LogP contribution is -2.51. The average molecular weight is 331 g/mol. The van der Waals surface area contributed by atoms with Crippen molar-refractivity contribution < 1.29 is 9.18 Å². The highest BCUT2D eigenvalue weighted by Gasteiger charge is 2.30. The summed E-state index contributed by atoms with van der Waals surface area (Å²) in [6.45, 7) is 2.75. The summed E-state index contributed by atoms with van der Waals surface area (Å²) in [6, 6.07) is 6.54. The predicted octanol–water partition coefficient (Wildman–Crippen LogP) is 2.57. The first-order valence-corrected chi connectivity index (χ1v) is 8.26. The Morgan fingerprint density at radius 3 is 2.88 bits per heavy atom. The molecule has 0 unspecified atom stereocenters. The molecule has 0 aliphatic heterocycles. The molecular formula is C17H22FN5O. The fourth-order valence-corrected chi connectivity index (χ4v) is 2.82. The quantitative estimate of drug-likeness (QED) is 0.885. The molecule has 0 bridgehead atoms. The van der Waals surface area contributed by atoms with Gasteiger partial charge in [-0.3, -0.25) is 4.68 Å². The summed E-state index contributed by atoms with van der Waals surface area (Å²) in [5, 5.41) is 7.02. The molecule has 1 saturated carbocycles. The molecule has 0 spiro atoms. The van der Waals surface area contributed by atoms with Gasteiger partial charge in [0.05, 0.1) is 13.1 Å². The Bertz CT molecular complexity index is 671. The first kappa shape index (κ1) is 16.4. The van der Waals surface area contributed by atoms with Crippen molar-refractivity contribution in [3.8, 4) is 0 Å². The third kappa shape index (κ3) is 3.90. The standard InChI is InChI=1S/C17H22FN5O/c1-13(9-22-12-19-11-20-22)21-17(24)23(15-6-4-7-15)10-14-5-2-3-8-16(14)18/h2-3,5,8,11-13,15H,4,6-7,9-10H2,1H3,(H,21,24)/t13-/m0/s1. The van der Waals surface area contributed by atoms with Crippen LogP contribution in [-0.4, -0.2) is 37.8 Å². The Labute approximate surface area is 140 Å². The maximum atomic E-state index is 13.9. The topological polar surface area (TPSA) is 63.1 Å². The number of rotatable bonds is 6. The number of hydrogen-bond donors (Lipinski definition) is 1. The van der Waals surface area contributed by atoms with Crippen molar-refractivity contribution in [2.45, 2.75) is 51.4 Å². The number of hydrogen-bond acceptors (Lipinski definition) is 3. The van der Waals surface area contributed by atoms with Crippen molar-refractivity contribution >= 4 is 6.03 Å². The molecule has 1 aromatic carbocycles. The van der Waals surface area contributed by atoms with Gasteiger partial charge in [0.1, 0.15) is 18.5 Å². The lowest BCUT2D eigenvalue weighted by atomic mass is 9.91. The fraction of sp³-hybridized carbons (Fsp3) is 0.471. The number of aromatic nitrogens is 3. The van der Waals surface area contributed by atoms with E-state index in [1.54, 1.807) is 34.1 Å². The van der Waals surface area contributed by atoms with E-state index in [9.17, 15) is 9.18 Å². The number of urea groups is 1. The van der Waals surface area contributed by atoms with Crippen molar-refractivity contribution in [3.63, 3.8) is 0 Å². The first-order chi connectivity index (χ1) is 11.6. The molecule has 0 radical (unpaired) electrons. The highest BCUT2D eigenvalue weighted by Crippen LogP contribution is 2.27. The molecule has 2 aromatic rings. The third-order valence-corrected chi connectivity index (χ3v) is 4.37. The molecule has 1 aromatic heterocycles. The van der Waals surface area contributed by atoms with Crippen LogP contribution in [0.2, 0.25) is 0 Å². The van der Waals surface area contributed by atoms with Gasteiger partial charge in [-0.15, -0.1) is 0 Å².